The summed E-state index contributed by atoms with van der Waals surface area (Å²) in [6.45, 7) is 3.79. The van der Waals surface area contributed by atoms with E-state index in [1.807, 2.05) is 38.1 Å². The number of esters is 1. The van der Waals surface area contributed by atoms with E-state index in [9.17, 15) is 9.59 Å². The molecular formula is C17H20N4O3. The van der Waals surface area contributed by atoms with Gasteiger partial charge in [0.25, 0.3) is 0 Å². The highest BCUT2D eigenvalue weighted by atomic mass is 16.5. The molecule has 0 aliphatic heterocycles. The van der Waals surface area contributed by atoms with Crippen molar-refractivity contribution in [1.82, 2.24) is 10.2 Å². The summed E-state index contributed by atoms with van der Waals surface area (Å²) in [6.07, 6.45) is 0.444. The molecule has 0 unspecified atom stereocenters. The molecule has 1 atom stereocenters. The third-order valence-corrected chi connectivity index (χ3v) is 3.44. The Labute approximate surface area is 140 Å². The van der Waals surface area contributed by atoms with Gasteiger partial charge in [-0.25, -0.2) is 4.79 Å². The Hall–Kier alpha value is -2.96. The average Bonchev–Trinajstić information content (AvgIpc) is 2.62. The SMILES string of the molecule is CCC(=O)Nc1ccc([C@H](C)Nc2ccc(C(=O)OC)nn2)cc1. The van der Waals surface area contributed by atoms with Crippen molar-refractivity contribution in [2.75, 3.05) is 17.7 Å². The maximum absolute atomic E-state index is 11.4. The minimum atomic E-state index is -0.521. The lowest BCUT2D eigenvalue weighted by atomic mass is 10.1. The van der Waals surface area contributed by atoms with Crippen LogP contribution in [0.1, 0.15) is 42.4 Å². The molecule has 0 bridgehead atoms. The van der Waals surface area contributed by atoms with Crippen LogP contribution in [0.2, 0.25) is 0 Å². The van der Waals surface area contributed by atoms with E-state index in [1.165, 1.54) is 7.11 Å². The molecule has 0 radical (unpaired) electrons. The molecule has 2 N–H and O–H groups in total. The van der Waals surface area contributed by atoms with Crippen molar-refractivity contribution in [2.24, 2.45) is 0 Å². The van der Waals surface area contributed by atoms with Gasteiger partial charge in [0, 0.05) is 12.1 Å². The summed E-state index contributed by atoms with van der Waals surface area (Å²) in [5.74, 6) is 0.0141. The van der Waals surface area contributed by atoms with Gasteiger partial charge in [-0.1, -0.05) is 19.1 Å². The summed E-state index contributed by atoms with van der Waals surface area (Å²) in [4.78, 5) is 22.7. The molecular weight excluding hydrogens is 308 g/mol. The standard InChI is InChI=1S/C17H20N4O3/c1-4-16(22)19-13-7-5-12(6-8-13)11(2)18-15-10-9-14(20-21-15)17(23)24-3/h5-11H,4H2,1-3H3,(H,18,21)(H,19,22)/t11-/m0/s1. The molecule has 0 spiro atoms. The summed E-state index contributed by atoms with van der Waals surface area (Å²) in [7, 11) is 1.30. The van der Waals surface area contributed by atoms with E-state index in [2.05, 4.69) is 25.6 Å². The number of ether oxygens (including phenoxy) is 1. The lowest BCUT2D eigenvalue weighted by molar-refractivity contribution is -0.115. The highest BCUT2D eigenvalue weighted by Gasteiger charge is 2.10. The Morgan fingerprint density at radius 3 is 2.38 bits per heavy atom. The van der Waals surface area contributed by atoms with Crippen molar-refractivity contribution in [3.05, 3.63) is 47.7 Å². The molecule has 7 nitrogen and oxygen atoms in total. The minimum Gasteiger partial charge on any atom is -0.464 e. The van der Waals surface area contributed by atoms with Crippen LogP contribution in [-0.4, -0.2) is 29.2 Å². The number of amides is 1. The maximum Gasteiger partial charge on any atom is 0.358 e. The highest BCUT2D eigenvalue weighted by molar-refractivity contribution is 5.90. The molecule has 0 fully saturated rings. The van der Waals surface area contributed by atoms with Crippen LogP contribution in [0.5, 0.6) is 0 Å². The number of carbonyl (C=O) groups is 2. The molecule has 7 heteroatoms. The fourth-order valence-corrected chi connectivity index (χ4v) is 2.03. The Morgan fingerprint density at radius 1 is 1.12 bits per heavy atom. The van der Waals surface area contributed by atoms with Gasteiger partial charge in [0.05, 0.1) is 13.2 Å². The zero-order chi connectivity index (χ0) is 17.5. The maximum atomic E-state index is 11.4. The fourth-order valence-electron chi connectivity index (χ4n) is 2.03. The summed E-state index contributed by atoms with van der Waals surface area (Å²) in [5, 5.41) is 13.8. The lowest BCUT2D eigenvalue weighted by Crippen LogP contribution is -2.12. The van der Waals surface area contributed by atoms with Gasteiger partial charge in [-0.3, -0.25) is 4.79 Å². The normalized spacial score (nSPS) is 11.5. The van der Waals surface area contributed by atoms with E-state index in [4.69, 9.17) is 0 Å². The first kappa shape index (κ1) is 17.4. The third kappa shape index (κ3) is 4.52. The van der Waals surface area contributed by atoms with E-state index >= 15 is 0 Å². The van der Waals surface area contributed by atoms with Crippen molar-refractivity contribution < 1.29 is 14.3 Å². The predicted molar refractivity (Wildman–Crippen MR) is 90.8 cm³/mol. The number of nitrogens with one attached hydrogen (secondary N) is 2. The molecule has 0 aliphatic rings. The van der Waals surface area contributed by atoms with Crippen molar-refractivity contribution in [3.63, 3.8) is 0 Å². The summed E-state index contributed by atoms with van der Waals surface area (Å²) < 4.78 is 4.58. The van der Waals surface area contributed by atoms with E-state index in [-0.39, 0.29) is 17.6 Å². The fraction of sp³-hybridized carbons (Fsp3) is 0.294. The second-order valence-electron chi connectivity index (χ2n) is 5.19. The molecule has 1 heterocycles. The molecule has 1 amide bonds. The van der Waals surface area contributed by atoms with Gasteiger partial charge in [-0.15, -0.1) is 10.2 Å². The van der Waals surface area contributed by atoms with Crippen LogP contribution in [0.4, 0.5) is 11.5 Å². The van der Waals surface area contributed by atoms with E-state index < -0.39 is 5.97 Å². The molecule has 126 valence electrons. The summed E-state index contributed by atoms with van der Waals surface area (Å²) in [6, 6.07) is 10.8. The van der Waals surface area contributed by atoms with Gasteiger partial charge in [0.15, 0.2) is 5.69 Å². The Morgan fingerprint density at radius 2 is 1.83 bits per heavy atom. The van der Waals surface area contributed by atoms with Gasteiger partial charge >= 0.3 is 5.97 Å². The highest BCUT2D eigenvalue weighted by Crippen LogP contribution is 2.19. The van der Waals surface area contributed by atoms with Crippen LogP contribution in [-0.2, 0) is 9.53 Å². The van der Waals surface area contributed by atoms with E-state index in [0.717, 1.165) is 11.3 Å². The van der Waals surface area contributed by atoms with Crippen LogP contribution in [0, 0.1) is 0 Å². The molecule has 2 aromatic rings. The van der Waals surface area contributed by atoms with Crippen LogP contribution in [0.25, 0.3) is 0 Å². The van der Waals surface area contributed by atoms with Gasteiger partial charge in [-0.05, 0) is 36.8 Å². The zero-order valence-corrected chi connectivity index (χ0v) is 13.9. The van der Waals surface area contributed by atoms with Crippen LogP contribution < -0.4 is 10.6 Å². The smallest absolute Gasteiger partial charge is 0.358 e. The quantitative estimate of drug-likeness (QED) is 0.792. The minimum absolute atomic E-state index is 0.0146. The van der Waals surface area contributed by atoms with Crippen LogP contribution in [0.3, 0.4) is 0 Å². The Kier molecular flexibility index (Phi) is 5.83. The average molecular weight is 328 g/mol. The van der Waals surface area contributed by atoms with Crippen molar-refractivity contribution in [2.45, 2.75) is 26.3 Å². The lowest BCUT2D eigenvalue weighted by Gasteiger charge is -2.15. The first-order valence-electron chi connectivity index (χ1n) is 7.62. The topological polar surface area (TPSA) is 93.2 Å². The number of carbonyl (C=O) groups excluding carboxylic acids is 2. The molecule has 0 aliphatic carbocycles. The number of rotatable bonds is 6. The van der Waals surface area contributed by atoms with Crippen molar-refractivity contribution in [1.29, 1.82) is 0 Å². The number of benzene rings is 1. The Balaban J connectivity index is 2.00. The van der Waals surface area contributed by atoms with Gasteiger partial charge in [0.2, 0.25) is 5.91 Å². The molecule has 0 saturated carbocycles. The molecule has 1 aromatic carbocycles. The van der Waals surface area contributed by atoms with Gasteiger partial charge < -0.3 is 15.4 Å². The zero-order valence-electron chi connectivity index (χ0n) is 13.9. The van der Waals surface area contributed by atoms with Crippen LogP contribution >= 0.6 is 0 Å². The third-order valence-electron chi connectivity index (χ3n) is 3.44. The second-order valence-corrected chi connectivity index (χ2v) is 5.19. The summed E-state index contributed by atoms with van der Waals surface area (Å²) >= 11 is 0. The molecule has 24 heavy (non-hydrogen) atoms. The number of methoxy groups -OCH3 is 1. The first-order valence-corrected chi connectivity index (χ1v) is 7.62. The predicted octanol–water partition coefficient (Wildman–Crippen LogP) is 2.78. The number of anilines is 2. The van der Waals surface area contributed by atoms with E-state index in [1.54, 1.807) is 12.1 Å². The Bertz CT molecular complexity index is 699. The van der Waals surface area contributed by atoms with Crippen LogP contribution in [0.15, 0.2) is 36.4 Å². The van der Waals surface area contributed by atoms with Gasteiger partial charge in [-0.2, -0.15) is 0 Å². The summed E-state index contributed by atoms with van der Waals surface area (Å²) in [5.41, 5.74) is 1.95. The molecule has 2 rings (SSSR count). The molecule has 0 saturated heterocycles. The number of hydrogen-bond acceptors (Lipinski definition) is 6. The first-order chi connectivity index (χ1) is 11.5. The monoisotopic (exact) mass is 328 g/mol. The second kappa shape index (κ2) is 8.05. The van der Waals surface area contributed by atoms with E-state index in [0.29, 0.717) is 12.2 Å². The number of nitrogens with zero attached hydrogens (tertiary/aromatic N) is 2. The number of aromatic nitrogens is 2. The largest absolute Gasteiger partial charge is 0.464 e. The van der Waals surface area contributed by atoms with Crippen molar-refractivity contribution >= 4 is 23.4 Å². The van der Waals surface area contributed by atoms with Gasteiger partial charge in [0.1, 0.15) is 5.82 Å². The number of hydrogen-bond donors (Lipinski definition) is 2. The van der Waals surface area contributed by atoms with Crippen molar-refractivity contribution in [3.8, 4) is 0 Å². The molecule has 1 aromatic heterocycles.